The molecular weight excluding hydrogens is 468 g/mol. The number of rotatable bonds is 8. The average molecular weight is 495 g/mol. The minimum atomic E-state index is -0.520. The zero-order chi connectivity index (χ0) is 24.9. The highest BCUT2D eigenvalue weighted by Gasteiger charge is 2.27. The summed E-state index contributed by atoms with van der Waals surface area (Å²) < 4.78 is 7.09. The van der Waals surface area contributed by atoms with Gasteiger partial charge in [-0.2, -0.15) is 0 Å². The number of benzene rings is 2. The topological polar surface area (TPSA) is 127 Å². The highest BCUT2D eigenvalue weighted by molar-refractivity contribution is 7.99. The maximum absolute atomic E-state index is 12.6. The lowest BCUT2D eigenvalue weighted by Crippen LogP contribution is -2.53. The molecule has 1 aromatic heterocycles. The summed E-state index contributed by atoms with van der Waals surface area (Å²) >= 11 is 1.26. The Balaban J connectivity index is 1.56. The number of aromatic nitrogens is 3. The molecule has 1 aliphatic heterocycles. The van der Waals surface area contributed by atoms with Crippen molar-refractivity contribution in [1.82, 2.24) is 25.4 Å². The molecule has 0 saturated carbocycles. The summed E-state index contributed by atoms with van der Waals surface area (Å²) in [6.45, 7) is 3.98. The molecule has 1 saturated heterocycles. The minimum absolute atomic E-state index is 0.114. The minimum Gasteiger partial charge on any atom is -0.497 e. The van der Waals surface area contributed by atoms with E-state index >= 15 is 0 Å². The van der Waals surface area contributed by atoms with Gasteiger partial charge in [0, 0.05) is 30.6 Å². The van der Waals surface area contributed by atoms with Crippen LogP contribution in [0.3, 0.4) is 0 Å². The monoisotopic (exact) mass is 494 g/mol. The van der Waals surface area contributed by atoms with Gasteiger partial charge in [0.25, 0.3) is 0 Å². The summed E-state index contributed by atoms with van der Waals surface area (Å²) in [7, 11) is 1.57. The Kier molecular flexibility index (Phi) is 7.35. The fourth-order valence-corrected chi connectivity index (χ4v) is 4.54. The van der Waals surface area contributed by atoms with Gasteiger partial charge < -0.3 is 15.4 Å². The van der Waals surface area contributed by atoms with Gasteiger partial charge in [0.15, 0.2) is 5.16 Å². The van der Waals surface area contributed by atoms with Gasteiger partial charge in [0.1, 0.15) is 11.6 Å². The van der Waals surface area contributed by atoms with Crippen LogP contribution in [0.4, 0.5) is 10.5 Å². The molecule has 0 aliphatic carbocycles. The van der Waals surface area contributed by atoms with Crippen molar-refractivity contribution in [3.63, 3.8) is 0 Å². The molecular formula is C24H26N6O4S. The number of urea groups is 1. The van der Waals surface area contributed by atoms with Crippen LogP contribution in [-0.2, 0) is 16.0 Å². The normalized spacial score (nSPS) is 15.3. The Hall–Kier alpha value is -3.86. The maximum atomic E-state index is 12.6. The highest BCUT2D eigenvalue weighted by atomic mass is 32.2. The smallest absolute Gasteiger partial charge is 0.321 e. The second-order valence-corrected chi connectivity index (χ2v) is 9.16. The number of amides is 4. The number of nitrogens with one attached hydrogen (secondary N) is 3. The van der Waals surface area contributed by atoms with Crippen LogP contribution in [0, 0.1) is 13.8 Å². The van der Waals surface area contributed by atoms with Gasteiger partial charge in [-0.15, -0.1) is 10.2 Å². The number of aryl methyl sites for hydroxylation is 2. The maximum Gasteiger partial charge on any atom is 0.321 e. The molecule has 0 bridgehead atoms. The number of hydrogen-bond donors (Lipinski definition) is 3. The second-order valence-electron chi connectivity index (χ2n) is 8.22. The number of methoxy groups -OCH3 is 1. The molecule has 2 heterocycles. The van der Waals surface area contributed by atoms with Gasteiger partial charge in [0.2, 0.25) is 11.8 Å². The number of imide groups is 1. The number of nitrogens with zero attached hydrogens (tertiary/aromatic N) is 3. The lowest BCUT2D eigenvalue weighted by atomic mass is 10.1. The van der Waals surface area contributed by atoms with E-state index in [-0.39, 0.29) is 24.0 Å². The molecule has 0 spiro atoms. The number of thioether (sulfide) groups is 1. The summed E-state index contributed by atoms with van der Waals surface area (Å²) in [5.41, 5.74) is 3.58. The standard InChI is InChI=1S/C24H26N6O4S/c1-14-7-8-15(2)19(9-14)30-20(11-17-12-21(31)27-23(33)26-17)28-29-24(30)35-13-22(32)25-16-5-4-6-18(10-16)34-3/h4-10,17H,11-13H2,1-3H3,(H,25,32)(H2,26,27,31,33). The predicted molar refractivity (Wildman–Crippen MR) is 132 cm³/mol. The van der Waals surface area contributed by atoms with E-state index < -0.39 is 12.1 Å². The quantitative estimate of drug-likeness (QED) is 0.411. The molecule has 0 radical (unpaired) electrons. The first-order chi connectivity index (χ1) is 16.8. The number of carbonyl (C=O) groups is 3. The van der Waals surface area contributed by atoms with Gasteiger partial charge in [-0.25, -0.2) is 4.79 Å². The van der Waals surface area contributed by atoms with E-state index in [4.69, 9.17) is 4.74 Å². The first-order valence-electron chi connectivity index (χ1n) is 11.0. The zero-order valence-corrected chi connectivity index (χ0v) is 20.4. The Bertz CT molecular complexity index is 1260. The third-order valence-corrected chi connectivity index (χ3v) is 6.37. The number of ether oxygens (including phenoxy) is 1. The molecule has 35 heavy (non-hydrogen) atoms. The van der Waals surface area contributed by atoms with Crippen LogP contribution in [0.5, 0.6) is 5.75 Å². The number of carbonyl (C=O) groups excluding carboxylic acids is 3. The van der Waals surface area contributed by atoms with E-state index in [9.17, 15) is 14.4 Å². The van der Waals surface area contributed by atoms with Crippen LogP contribution >= 0.6 is 11.8 Å². The Labute approximate surface area is 206 Å². The van der Waals surface area contributed by atoms with Crippen LogP contribution in [0.15, 0.2) is 47.6 Å². The molecule has 1 aliphatic rings. The largest absolute Gasteiger partial charge is 0.497 e. The highest BCUT2D eigenvalue weighted by Crippen LogP contribution is 2.26. The molecule has 4 amide bonds. The first-order valence-corrected chi connectivity index (χ1v) is 12.0. The first kappa shape index (κ1) is 24.3. The number of anilines is 1. The van der Waals surface area contributed by atoms with E-state index in [0.29, 0.717) is 28.8 Å². The molecule has 3 aromatic rings. The van der Waals surface area contributed by atoms with E-state index in [1.807, 2.05) is 36.6 Å². The molecule has 4 rings (SSSR count). The Morgan fingerprint density at radius 2 is 2.03 bits per heavy atom. The molecule has 11 heteroatoms. The van der Waals surface area contributed by atoms with Crippen molar-refractivity contribution in [3.05, 3.63) is 59.4 Å². The van der Waals surface area contributed by atoms with E-state index in [1.165, 1.54) is 11.8 Å². The molecule has 1 fully saturated rings. The average Bonchev–Trinajstić information content (AvgIpc) is 3.20. The third-order valence-electron chi connectivity index (χ3n) is 5.44. The van der Waals surface area contributed by atoms with Crippen molar-refractivity contribution < 1.29 is 19.1 Å². The van der Waals surface area contributed by atoms with Crippen molar-refractivity contribution in [2.24, 2.45) is 0 Å². The Morgan fingerprint density at radius 1 is 1.20 bits per heavy atom. The van der Waals surface area contributed by atoms with Crippen LogP contribution in [0.2, 0.25) is 0 Å². The molecule has 2 aromatic carbocycles. The molecule has 1 atom stereocenters. The summed E-state index contributed by atoms with van der Waals surface area (Å²) in [4.78, 5) is 36.2. The van der Waals surface area contributed by atoms with Crippen molar-refractivity contribution in [2.45, 2.75) is 37.9 Å². The van der Waals surface area contributed by atoms with Crippen molar-refractivity contribution in [1.29, 1.82) is 0 Å². The van der Waals surface area contributed by atoms with E-state index in [2.05, 4.69) is 26.1 Å². The van der Waals surface area contributed by atoms with Crippen molar-refractivity contribution >= 4 is 35.3 Å². The van der Waals surface area contributed by atoms with Gasteiger partial charge in [-0.05, 0) is 43.2 Å². The number of hydrogen-bond acceptors (Lipinski definition) is 7. The SMILES string of the molecule is COc1cccc(NC(=O)CSc2nnc(CC3CC(=O)NC(=O)N3)n2-c2cc(C)ccc2C)c1. The lowest BCUT2D eigenvalue weighted by Gasteiger charge is -2.23. The Morgan fingerprint density at radius 3 is 2.80 bits per heavy atom. The fourth-order valence-electron chi connectivity index (χ4n) is 3.77. The molecule has 10 nitrogen and oxygen atoms in total. The van der Waals surface area contributed by atoms with Gasteiger partial charge in [-0.1, -0.05) is 30.0 Å². The predicted octanol–water partition coefficient (Wildman–Crippen LogP) is 2.76. The second kappa shape index (κ2) is 10.6. The van der Waals surface area contributed by atoms with Gasteiger partial charge in [-0.3, -0.25) is 19.5 Å². The lowest BCUT2D eigenvalue weighted by molar-refractivity contribution is -0.121. The van der Waals surface area contributed by atoms with E-state index in [1.54, 1.807) is 31.4 Å². The third kappa shape index (κ3) is 5.99. The van der Waals surface area contributed by atoms with Crippen LogP contribution in [-0.4, -0.2) is 51.5 Å². The van der Waals surface area contributed by atoms with Crippen molar-refractivity contribution in [3.8, 4) is 11.4 Å². The van der Waals surface area contributed by atoms with Crippen LogP contribution < -0.4 is 20.7 Å². The van der Waals surface area contributed by atoms with Gasteiger partial charge in [0.05, 0.1) is 18.6 Å². The zero-order valence-electron chi connectivity index (χ0n) is 19.6. The summed E-state index contributed by atoms with van der Waals surface area (Å²) in [6.07, 6.45) is 0.465. The van der Waals surface area contributed by atoms with E-state index in [0.717, 1.165) is 16.8 Å². The van der Waals surface area contributed by atoms with Gasteiger partial charge >= 0.3 is 6.03 Å². The van der Waals surface area contributed by atoms with Crippen molar-refractivity contribution in [2.75, 3.05) is 18.2 Å². The van der Waals surface area contributed by atoms with Crippen LogP contribution in [0.25, 0.3) is 5.69 Å². The summed E-state index contributed by atoms with van der Waals surface area (Å²) in [5, 5.41) is 17.1. The molecule has 1 unspecified atom stereocenters. The summed E-state index contributed by atoms with van der Waals surface area (Å²) in [5.74, 6) is 0.826. The van der Waals surface area contributed by atoms with Crippen LogP contribution in [0.1, 0.15) is 23.4 Å². The molecule has 3 N–H and O–H groups in total. The fraction of sp³-hybridized carbons (Fsp3) is 0.292. The summed E-state index contributed by atoms with van der Waals surface area (Å²) in [6, 6.07) is 12.3. The molecule has 182 valence electrons.